The maximum Gasteiger partial charge on any atom is 0.460 e. The molecule has 27 heavy (non-hydrogen) atoms. The lowest BCUT2D eigenvalue weighted by atomic mass is 10.1. The lowest BCUT2D eigenvalue weighted by Gasteiger charge is -2.30. The maximum atomic E-state index is 15.0. The minimum atomic E-state index is -6.62. The lowest BCUT2D eigenvalue weighted by Crippen LogP contribution is -2.53. The molecule has 0 heterocycles. The van der Waals surface area contributed by atoms with Crippen molar-refractivity contribution in [2.45, 2.75) is 77.3 Å². The summed E-state index contributed by atoms with van der Waals surface area (Å²) in [5.41, 5.74) is -1.84. The van der Waals surface area contributed by atoms with Crippen LogP contribution in [0, 0.1) is 0 Å². The van der Waals surface area contributed by atoms with Crippen LogP contribution in [0.4, 0.5) is 35.1 Å². The van der Waals surface area contributed by atoms with Gasteiger partial charge in [0.2, 0.25) is 5.76 Å². The zero-order valence-electron chi connectivity index (χ0n) is 15.8. The number of aliphatic hydroxyl groups is 1. The molecule has 0 amide bonds. The maximum absolute atomic E-state index is 15.0. The highest BCUT2D eigenvalue weighted by atomic mass is 31.2. The number of allylic oxidation sites excluding steroid dienone is 1. The monoisotopic (exact) mass is 431 g/mol. The van der Waals surface area contributed by atoms with E-state index < -0.39 is 36.6 Å². The van der Waals surface area contributed by atoms with Crippen LogP contribution in [0.15, 0.2) is 11.3 Å². The average Bonchev–Trinajstić information content (AvgIpc) is 2.59. The second-order valence-electron chi connectivity index (χ2n) is 6.66. The molecule has 0 rings (SSSR count). The normalized spacial score (nSPS) is 15.1. The van der Waals surface area contributed by atoms with Gasteiger partial charge in [-0.3, -0.25) is 0 Å². The van der Waals surface area contributed by atoms with Crippen LogP contribution >= 0.6 is 7.26 Å². The predicted molar refractivity (Wildman–Crippen MR) is 93.0 cm³/mol. The van der Waals surface area contributed by atoms with E-state index in [1.165, 1.54) is 0 Å². The quantitative estimate of drug-likeness (QED) is 0.189. The molecule has 0 aromatic carbocycles. The minimum Gasteiger partial charge on any atom is -0.502 e. The fraction of sp³-hybridized carbons (Fsp3) is 0.882. The SMILES string of the molecule is CCCC[P+](CCCC)(CCCC)C(F)=C(O)C(F)(F)C(F)(F)C(F)(F)F. The van der Waals surface area contributed by atoms with E-state index >= 15 is 0 Å². The molecule has 0 fully saturated rings. The molecule has 0 bridgehead atoms. The molecule has 0 aromatic rings. The van der Waals surface area contributed by atoms with Crippen LogP contribution < -0.4 is 0 Å². The van der Waals surface area contributed by atoms with Gasteiger partial charge in [-0.2, -0.15) is 35.1 Å². The van der Waals surface area contributed by atoms with Gasteiger partial charge in [0.05, 0.1) is 25.7 Å². The van der Waals surface area contributed by atoms with E-state index in [2.05, 4.69) is 0 Å². The first-order chi connectivity index (χ1) is 12.2. The fourth-order valence-electron chi connectivity index (χ4n) is 2.69. The van der Waals surface area contributed by atoms with Gasteiger partial charge in [-0.05, 0) is 19.3 Å². The third-order valence-electron chi connectivity index (χ3n) is 4.48. The van der Waals surface area contributed by atoms with Crippen LogP contribution in [0.1, 0.15) is 59.3 Å². The zero-order chi connectivity index (χ0) is 21.5. The van der Waals surface area contributed by atoms with Gasteiger partial charge in [0.15, 0.2) is 0 Å². The first kappa shape index (κ1) is 26.4. The zero-order valence-corrected chi connectivity index (χ0v) is 16.7. The Bertz CT molecular complexity index is 466. The van der Waals surface area contributed by atoms with Crippen molar-refractivity contribution in [1.82, 2.24) is 0 Å². The summed E-state index contributed by atoms with van der Waals surface area (Å²) in [6.45, 7) is 5.30. The molecular weight excluding hydrogens is 403 g/mol. The molecule has 0 unspecified atom stereocenters. The van der Waals surface area contributed by atoms with Crippen molar-refractivity contribution in [3.8, 4) is 0 Å². The van der Waals surface area contributed by atoms with Crippen LogP contribution in [0.3, 0.4) is 0 Å². The topological polar surface area (TPSA) is 20.2 Å². The van der Waals surface area contributed by atoms with Gasteiger partial charge in [-0.25, -0.2) is 0 Å². The third-order valence-corrected chi connectivity index (χ3v) is 9.04. The molecule has 1 nitrogen and oxygen atoms in total. The number of hydrogen-bond acceptors (Lipinski definition) is 1. The lowest BCUT2D eigenvalue weighted by molar-refractivity contribution is -0.349. The molecular formula is C17H28F8OP+. The molecule has 1 N–H and O–H groups in total. The minimum absolute atomic E-state index is 0.0903. The Balaban J connectivity index is 6.32. The first-order valence-electron chi connectivity index (χ1n) is 9.03. The summed E-state index contributed by atoms with van der Waals surface area (Å²) >= 11 is 0. The van der Waals surface area contributed by atoms with E-state index in [0.717, 1.165) is 0 Å². The summed E-state index contributed by atoms with van der Waals surface area (Å²) in [5, 5.41) is 9.58. The number of alkyl halides is 7. The Morgan fingerprint density at radius 1 is 0.741 bits per heavy atom. The number of hydrogen-bond donors (Lipinski definition) is 1. The van der Waals surface area contributed by atoms with Crippen molar-refractivity contribution in [3.05, 3.63) is 11.3 Å². The van der Waals surface area contributed by atoms with E-state index in [-0.39, 0.29) is 18.5 Å². The molecule has 0 aliphatic rings. The Labute approximate surface area is 155 Å². The van der Waals surface area contributed by atoms with E-state index in [4.69, 9.17) is 0 Å². The molecule has 10 heteroatoms. The second-order valence-corrected chi connectivity index (χ2v) is 10.7. The second kappa shape index (κ2) is 10.3. The van der Waals surface area contributed by atoms with E-state index in [9.17, 15) is 40.2 Å². The van der Waals surface area contributed by atoms with Crippen molar-refractivity contribution in [2.24, 2.45) is 0 Å². The van der Waals surface area contributed by atoms with Crippen LogP contribution in [0.2, 0.25) is 0 Å². The smallest absolute Gasteiger partial charge is 0.460 e. The molecule has 0 saturated carbocycles. The summed E-state index contributed by atoms with van der Waals surface area (Å²) in [6, 6.07) is 0. The van der Waals surface area contributed by atoms with E-state index in [1.54, 1.807) is 20.8 Å². The standard InChI is InChI=1S/C17H27F8OP/c1-4-7-10-27(11-8-5-2,12-9-6-3)14(18)13(26)15(19,20)16(21,22)17(23,24)25/h4-12H2,1-3H3/p+1. The summed E-state index contributed by atoms with van der Waals surface area (Å²) in [5.74, 6) is -15.4. The van der Waals surface area contributed by atoms with Gasteiger partial charge in [0.25, 0.3) is 5.57 Å². The number of unbranched alkanes of at least 4 members (excludes halogenated alkanes) is 3. The Morgan fingerprint density at radius 2 is 1.07 bits per heavy atom. The molecule has 0 atom stereocenters. The summed E-state index contributed by atoms with van der Waals surface area (Å²) in [6.07, 6.45) is -3.42. The fourth-order valence-corrected chi connectivity index (χ4v) is 7.31. The van der Waals surface area contributed by atoms with Crippen molar-refractivity contribution in [3.63, 3.8) is 0 Å². The van der Waals surface area contributed by atoms with Gasteiger partial charge in [-0.1, -0.05) is 40.0 Å². The molecule has 0 radical (unpaired) electrons. The Hall–Kier alpha value is -0.590. The van der Waals surface area contributed by atoms with Gasteiger partial charge < -0.3 is 5.11 Å². The van der Waals surface area contributed by atoms with Gasteiger partial charge in [-0.15, -0.1) is 0 Å². The summed E-state index contributed by atoms with van der Waals surface area (Å²) < 4.78 is 106. The van der Waals surface area contributed by atoms with Crippen molar-refractivity contribution in [2.75, 3.05) is 18.5 Å². The molecule has 0 aliphatic heterocycles. The largest absolute Gasteiger partial charge is 0.502 e. The third kappa shape index (κ3) is 5.94. The molecule has 162 valence electrons. The molecule has 0 spiro atoms. The molecule has 0 aliphatic carbocycles. The average molecular weight is 431 g/mol. The Morgan fingerprint density at radius 3 is 1.33 bits per heavy atom. The Kier molecular flexibility index (Phi) is 10.0. The number of aliphatic hydroxyl groups excluding tert-OH is 1. The van der Waals surface area contributed by atoms with Crippen molar-refractivity contribution < 1.29 is 40.2 Å². The number of halogens is 8. The van der Waals surface area contributed by atoms with Crippen LogP contribution in [0.5, 0.6) is 0 Å². The predicted octanol–water partition coefficient (Wildman–Crippen LogP) is 7.93. The summed E-state index contributed by atoms with van der Waals surface area (Å²) in [4.78, 5) is 0. The van der Waals surface area contributed by atoms with Crippen LogP contribution in [0.25, 0.3) is 0 Å². The highest BCUT2D eigenvalue weighted by Gasteiger charge is 2.76. The summed E-state index contributed by atoms with van der Waals surface area (Å²) in [7, 11) is -3.13. The molecule has 0 saturated heterocycles. The highest BCUT2D eigenvalue weighted by molar-refractivity contribution is 7.79. The van der Waals surface area contributed by atoms with Gasteiger partial charge in [0, 0.05) is 0 Å². The van der Waals surface area contributed by atoms with Gasteiger partial charge >= 0.3 is 18.0 Å². The van der Waals surface area contributed by atoms with Crippen molar-refractivity contribution >= 4 is 7.26 Å². The van der Waals surface area contributed by atoms with E-state index in [0.29, 0.717) is 38.5 Å². The van der Waals surface area contributed by atoms with Crippen LogP contribution in [-0.4, -0.2) is 41.6 Å². The van der Waals surface area contributed by atoms with Crippen LogP contribution in [-0.2, 0) is 0 Å². The van der Waals surface area contributed by atoms with Crippen molar-refractivity contribution in [1.29, 1.82) is 0 Å². The molecule has 0 aromatic heterocycles. The van der Waals surface area contributed by atoms with E-state index in [1.807, 2.05) is 0 Å². The number of rotatable bonds is 12. The van der Waals surface area contributed by atoms with Gasteiger partial charge in [0.1, 0.15) is 0 Å². The highest BCUT2D eigenvalue weighted by Crippen LogP contribution is 2.69. The first-order valence-corrected chi connectivity index (χ1v) is 11.4.